The molecule has 1 heterocycles. The zero-order valence-electron chi connectivity index (χ0n) is 11.8. The van der Waals surface area contributed by atoms with Crippen LogP contribution in [0.3, 0.4) is 0 Å². The summed E-state index contributed by atoms with van der Waals surface area (Å²) in [6.45, 7) is 7.19. The fourth-order valence-corrected chi connectivity index (χ4v) is 2.02. The molecule has 0 bridgehead atoms. The van der Waals surface area contributed by atoms with E-state index in [1.165, 1.54) is 5.56 Å². The second-order valence-corrected chi connectivity index (χ2v) is 5.31. The van der Waals surface area contributed by atoms with E-state index in [4.69, 9.17) is 0 Å². The van der Waals surface area contributed by atoms with E-state index < -0.39 is 0 Å². The van der Waals surface area contributed by atoms with Gasteiger partial charge in [-0.3, -0.25) is 0 Å². The van der Waals surface area contributed by atoms with E-state index in [2.05, 4.69) is 55.3 Å². The van der Waals surface area contributed by atoms with Crippen molar-refractivity contribution in [3.8, 4) is 11.3 Å². The second-order valence-electron chi connectivity index (χ2n) is 5.31. The topological polar surface area (TPSA) is 50.9 Å². The molecule has 0 saturated heterocycles. The highest BCUT2D eigenvalue weighted by Gasteiger charge is 2.14. The molecule has 0 aliphatic heterocycles. The van der Waals surface area contributed by atoms with Crippen molar-refractivity contribution in [2.45, 2.75) is 40.3 Å². The lowest BCUT2D eigenvalue weighted by atomic mass is 10.1. The second kappa shape index (κ2) is 5.97. The number of hydrogen-bond acceptors (Lipinski definition) is 3. The van der Waals surface area contributed by atoms with Gasteiger partial charge in [0, 0.05) is 12.1 Å². The lowest BCUT2D eigenvalue weighted by molar-refractivity contribution is 0.277. The molecule has 0 unspecified atom stereocenters. The summed E-state index contributed by atoms with van der Waals surface area (Å²) in [5, 5.41) is 17.6. The number of aryl methyl sites for hydroxylation is 2. The molecule has 0 aliphatic rings. The van der Waals surface area contributed by atoms with E-state index in [0.29, 0.717) is 11.6 Å². The first kappa shape index (κ1) is 13.7. The van der Waals surface area contributed by atoms with E-state index in [1.54, 1.807) is 0 Å². The van der Waals surface area contributed by atoms with Crippen LogP contribution in [0.5, 0.6) is 0 Å². The Hall–Kier alpha value is -1.68. The maximum atomic E-state index is 9.41. The summed E-state index contributed by atoms with van der Waals surface area (Å²) < 4.78 is 1.90. The van der Waals surface area contributed by atoms with Crippen LogP contribution in [0.4, 0.5) is 0 Å². The minimum Gasteiger partial charge on any atom is -0.390 e. The average Bonchev–Trinajstić information content (AvgIpc) is 2.80. The molecule has 0 atom stereocenters. The summed E-state index contributed by atoms with van der Waals surface area (Å²) in [6, 6.07) is 8.24. The Labute approximate surface area is 114 Å². The first-order valence-corrected chi connectivity index (χ1v) is 6.72. The van der Waals surface area contributed by atoms with Crippen LogP contribution in [0, 0.1) is 12.8 Å². The highest BCUT2D eigenvalue weighted by atomic mass is 16.3. The minimum absolute atomic E-state index is 0.0785. The Kier molecular flexibility index (Phi) is 4.32. The van der Waals surface area contributed by atoms with Gasteiger partial charge in [0.2, 0.25) is 0 Å². The molecule has 2 aromatic rings. The van der Waals surface area contributed by atoms with Crippen molar-refractivity contribution in [2.75, 3.05) is 0 Å². The van der Waals surface area contributed by atoms with E-state index in [0.717, 1.165) is 24.2 Å². The van der Waals surface area contributed by atoms with Crippen LogP contribution in [0.1, 0.15) is 31.5 Å². The maximum absolute atomic E-state index is 9.41. The van der Waals surface area contributed by atoms with Crippen LogP contribution in [-0.2, 0) is 13.2 Å². The van der Waals surface area contributed by atoms with Crippen LogP contribution in [-0.4, -0.2) is 20.1 Å². The lowest BCUT2D eigenvalue weighted by Crippen LogP contribution is -2.05. The van der Waals surface area contributed by atoms with Gasteiger partial charge in [-0.05, 0) is 19.3 Å². The number of aromatic nitrogens is 3. The van der Waals surface area contributed by atoms with Crippen molar-refractivity contribution in [3.63, 3.8) is 0 Å². The molecule has 0 spiro atoms. The standard InChI is InChI=1S/C15H21N3O/c1-11(2)8-9-18-15(14(10-19)16-17-18)13-6-4-12(3)5-7-13/h4-7,11,19H,8-10H2,1-3H3. The fraction of sp³-hybridized carbons (Fsp3) is 0.467. The Morgan fingerprint density at radius 1 is 1.21 bits per heavy atom. The van der Waals surface area contributed by atoms with Crippen LogP contribution in [0.15, 0.2) is 24.3 Å². The fourth-order valence-electron chi connectivity index (χ4n) is 2.02. The molecular weight excluding hydrogens is 238 g/mol. The van der Waals surface area contributed by atoms with Crippen LogP contribution in [0.2, 0.25) is 0 Å². The number of aliphatic hydroxyl groups excluding tert-OH is 1. The predicted octanol–water partition coefficient (Wildman–Crippen LogP) is 2.79. The summed E-state index contributed by atoms with van der Waals surface area (Å²) in [4.78, 5) is 0. The molecule has 1 aromatic heterocycles. The summed E-state index contributed by atoms with van der Waals surface area (Å²) in [6.07, 6.45) is 1.05. The van der Waals surface area contributed by atoms with E-state index in [9.17, 15) is 5.11 Å². The Balaban J connectivity index is 2.35. The van der Waals surface area contributed by atoms with Crippen LogP contribution >= 0.6 is 0 Å². The van der Waals surface area contributed by atoms with Crippen molar-refractivity contribution >= 4 is 0 Å². The first-order valence-electron chi connectivity index (χ1n) is 6.72. The largest absolute Gasteiger partial charge is 0.390 e. The SMILES string of the molecule is Cc1ccc(-c2c(CO)nnn2CCC(C)C)cc1. The summed E-state index contributed by atoms with van der Waals surface area (Å²) in [5.74, 6) is 0.618. The van der Waals surface area contributed by atoms with Gasteiger partial charge in [0.15, 0.2) is 0 Å². The number of benzene rings is 1. The number of nitrogens with zero attached hydrogens (tertiary/aromatic N) is 3. The summed E-state index contributed by atoms with van der Waals surface area (Å²) in [7, 11) is 0. The number of rotatable bonds is 5. The Morgan fingerprint density at radius 2 is 1.89 bits per heavy atom. The predicted molar refractivity (Wildman–Crippen MR) is 75.6 cm³/mol. The molecule has 0 radical (unpaired) electrons. The molecule has 2 rings (SSSR count). The summed E-state index contributed by atoms with van der Waals surface area (Å²) in [5.41, 5.74) is 3.86. The maximum Gasteiger partial charge on any atom is 0.116 e. The van der Waals surface area contributed by atoms with Crippen molar-refractivity contribution in [2.24, 2.45) is 5.92 Å². The molecule has 0 fully saturated rings. The van der Waals surface area contributed by atoms with Gasteiger partial charge in [0.25, 0.3) is 0 Å². The third kappa shape index (κ3) is 3.20. The molecule has 0 saturated carbocycles. The third-order valence-electron chi connectivity index (χ3n) is 3.20. The van der Waals surface area contributed by atoms with Gasteiger partial charge in [0.1, 0.15) is 5.69 Å². The van der Waals surface area contributed by atoms with Crippen molar-refractivity contribution < 1.29 is 5.11 Å². The van der Waals surface area contributed by atoms with Gasteiger partial charge < -0.3 is 5.11 Å². The van der Waals surface area contributed by atoms with Gasteiger partial charge in [-0.15, -0.1) is 5.10 Å². The molecule has 4 heteroatoms. The molecule has 0 amide bonds. The molecular formula is C15H21N3O. The zero-order valence-corrected chi connectivity index (χ0v) is 11.8. The molecule has 102 valence electrons. The molecule has 19 heavy (non-hydrogen) atoms. The molecule has 4 nitrogen and oxygen atoms in total. The Morgan fingerprint density at radius 3 is 2.47 bits per heavy atom. The van der Waals surface area contributed by atoms with E-state index in [-0.39, 0.29) is 6.61 Å². The quantitative estimate of drug-likeness (QED) is 0.898. The van der Waals surface area contributed by atoms with Gasteiger partial charge in [-0.1, -0.05) is 48.9 Å². The van der Waals surface area contributed by atoms with Crippen molar-refractivity contribution in [3.05, 3.63) is 35.5 Å². The van der Waals surface area contributed by atoms with Crippen molar-refractivity contribution in [1.29, 1.82) is 0 Å². The third-order valence-corrected chi connectivity index (χ3v) is 3.20. The average molecular weight is 259 g/mol. The molecule has 0 aliphatic carbocycles. The zero-order chi connectivity index (χ0) is 13.8. The molecule has 1 aromatic carbocycles. The van der Waals surface area contributed by atoms with Gasteiger partial charge >= 0.3 is 0 Å². The Bertz CT molecular complexity index is 529. The lowest BCUT2D eigenvalue weighted by Gasteiger charge is -2.09. The molecule has 1 N–H and O–H groups in total. The number of aliphatic hydroxyl groups is 1. The van der Waals surface area contributed by atoms with Gasteiger partial charge in [-0.2, -0.15) is 0 Å². The highest BCUT2D eigenvalue weighted by Crippen LogP contribution is 2.23. The van der Waals surface area contributed by atoms with E-state index in [1.807, 2.05) is 4.68 Å². The van der Waals surface area contributed by atoms with Crippen molar-refractivity contribution in [1.82, 2.24) is 15.0 Å². The van der Waals surface area contributed by atoms with Crippen LogP contribution in [0.25, 0.3) is 11.3 Å². The van der Waals surface area contributed by atoms with E-state index >= 15 is 0 Å². The summed E-state index contributed by atoms with van der Waals surface area (Å²) >= 11 is 0. The van der Waals surface area contributed by atoms with Gasteiger partial charge in [0.05, 0.1) is 12.3 Å². The first-order chi connectivity index (χ1) is 9.11. The minimum atomic E-state index is -0.0785. The number of hydrogen-bond donors (Lipinski definition) is 1. The highest BCUT2D eigenvalue weighted by molar-refractivity contribution is 5.62. The van der Waals surface area contributed by atoms with Crippen LogP contribution < -0.4 is 0 Å². The van der Waals surface area contributed by atoms with Gasteiger partial charge in [-0.25, -0.2) is 4.68 Å². The smallest absolute Gasteiger partial charge is 0.116 e. The normalized spacial score (nSPS) is 11.2. The monoisotopic (exact) mass is 259 g/mol.